The van der Waals surface area contributed by atoms with Gasteiger partial charge in [-0.3, -0.25) is 34.4 Å². The van der Waals surface area contributed by atoms with Gasteiger partial charge >= 0.3 is 5.97 Å². The first-order valence-corrected chi connectivity index (χ1v) is 45.3. The molecule has 0 radical (unpaired) electrons. The summed E-state index contributed by atoms with van der Waals surface area (Å²) in [6.45, 7) is 19.8. The van der Waals surface area contributed by atoms with E-state index in [1.807, 2.05) is 135 Å². The summed E-state index contributed by atoms with van der Waals surface area (Å²) in [5.74, 6) is 5.37. The molecule has 30 heteroatoms. The number of pyridine rings is 1. The quantitative estimate of drug-likeness (QED) is 0.0144. The number of anilines is 1. The van der Waals surface area contributed by atoms with Crippen LogP contribution in [0.25, 0.3) is 122 Å². The van der Waals surface area contributed by atoms with Crippen LogP contribution in [0.3, 0.4) is 0 Å². The molecule has 7 aromatic heterocycles. The average Bonchev–Trinajstić information content (AvgIpc) is 1.59. The third kappa shape index (κ3) is 22.9. The van der Waals surface area contributed by atoms with Gasteiger partial charge in [-0.2, -0.15) is 10.2 Å². The molecular formula is C102H108N16O13S. The van der Waals surface area contributed by atoms with E-state index in [-0.39, 0.29) is 40.6 Å². The Hall–Kier alpha value is -14.8. The van der Waals surface area contributed by atoms with Gasteiger partial charge in [0, 0.05) is 107 Å². The Morgan fingerprint density at radius 3 is 1.89 bits per heavy atom. The number of rotatable bonds is 29. The average molecular weight is 1800 g/mol. The summed E-state index contributed by atoms with van der Waals surface area (Å²) in [7, 11) is 6.09. The maximum atomic E-state index is 12.9. The van der Waals surface area contributed by atoms with Crippen molar-refractivity contribution in [3.8, 4) is 90.5 Å². The molecule has 3 amide bonds. The Labute approximate surface area is 765 Å². The largest absolute Gasteiger partial charge is 0.493 e. The highest BCUT2D eigenvalue weighted by Crippen LogP contribution is 2.47. The number of methoxy groups -OCH3 is 3. The lowest BCUT2D eigenvalue weighted by molar-refractivity contribution is 0.0526. The number of amides is 3. The molecule has 1 unspecified atom stereocenters. The molecule has 0 spiro atoms. The van der Waals surface area contributed by atoms with E-state index in [1.54, 1.807) is 80.7 Å². The molecule has 7 heterocycles. The van der Waals surface area contributed by atoms with Crippen molar-refractivity contribution in [2.75, 3.05) is 106 Å². The van der Waals surface area contributed by atoms with Crippen molar-refractivity contribution in [2.24, 2.45) is 5.14 Å². The van der Waals surface area contributed by atoms with Crippen molar-refractivity contribution in [2.45, 2.75) is 72.2 Å². The first kappa shape index (κ1) is 94.8. The molecule has 0 saturated heterocycles. The Morgan fingerprint density at radius 2 is 1.23 bits per heavy atom. The molecule has 9 aromatic carbocycles. The van der Waals surface area contributed by atoms with Gasteiger partial charge in [-0.25, -0.2) is 23.7 Å². The minimum atomic E-state index is -2.77. The van der Waals surface area contributed by atoms with Crippen LogP contribution in [-0.2, 0) is 32.1 Å². The van der Waals surface area contributed by atoms with Gasteiger partial charge in [0.25, 0.3) is 23.3 Å². The molecule has 2 aliphatic rings. The van der Waals surface area contributed by atoms with E-state index in [0.717, 1.165) is 146 Å². The van der Waals surface area contributed by atoms with Crippen molar-refractivity contribution in [3.05, 3.63) is 281 Å². The van der Waals surface area contributed by atoms with Crippen LogP contribution in [0, 0.1) is 13.8 Å². The number of ether oxygens (including phenoxy) is 4. The number of fused-ring (bicyclic) bond motifs is 8. The standard InChI is InChI=1S/C20H21N3O.C19H27N3O2.C19H13N3OS.C18H18N2O5.C13H15N3O.C13H14N2O3/c1-3-22(4-2)12-13-23-20(24)17-11-7-10-15-14-8-5-6-9-16(14)19(21-23)18(15)17;1-6-24-19(23)16-12-21-17-14(3)13(2)8-9-15(17)18(16)20-10-7-11-22(4)5;1-24(20,23)12-8-9-15-16(10-12)22-19-14-7-3-5-11-4-2-6-13(17(11)14)18(19)21-15;1-22-14-6-5-12(10-16(14)23-2)7-8-19-18(21)13-11-17(25-20-13)15-4-3-9-24-15;1-2-8-14-13(17)12-9-11(15-16-12)10-6-4-3-5-7-10;1-17-8-7-14-13(16)11-9-12(18-15-11)10-5-3-2-4-6-10/h5-11H,3-4,12-13H2,1-2H3;8-9,12H,6-7,10-11H2,1-5H3,(H,20,21);2-10H,1H2,(H2,20,23);3-6,9-11H,7-8H2,1-2H3,(H,19,21);3-7,9H,2,8H2,1H3,(H,14,17)(H,15,16);2-6,9H,7-8H2,1H3,(H,14,16). The number of hydrogen-bond acceptors (Lipinski definition) is 23. The van der Waals surface area contributed by atoms with Gasteiger partial charge in [-0.15, -0.1) is 0 Å². The molecule has 7 N–H and O–H groups in total. The summed E-state index contributed by atoms with van der Waals surface area (Å²) in [5.41, 5.74) is 19.0. The number of aryl methyl sites for hydroxylation is 2. The van der Waals surface area contributed by atoms with Crippen LogP contribution in [0.5, 0.6) is 11.5 Å². The number of furan rings is 1. The minimum Gasteiger partial charge on any atom is -0.493 e. The van der Waals surface area contributed by atoms with Crippen LogP contribution in [0.2, 0.25) is 0 Å². The Morgan fingerprint density at radius 1 is 0.591 bits per heavy atom. The van der Waals surface area contributed by atoms with Gasteiger partial charge in [0.15, 0.2) is 34.4 Å². The fourth-order valence-electron chi connectivity index (χ4n) is 15.0. The predicted octanol–water partition coefficient (Wildman–Crippen LogP) is 17.0. The van der Waals surface area contributed by atoms with Crippen LogP contribution in [0.4, 0.5) is 5.69 Å². The summed E-state index contributed by atoms with van der Waals surface area (Å²) < 4.78 is 49.6. The maximum Gasteiger partial charge on any atom is 0.341 e. The fraction of sp³-hybridized carbons (Fsp3) is 0.245. The van der Waals surface area contributed by atoms with E-state index in [0.29, 0.717) is 96.3 Å². The van der Waals surface area contributed by atoms with Gasteiger partial charge < -0.3 is 63.5 Å². The van der Waals surface area contributed by atoms with E-state index in [4.69, 9.17) is 52.6 Å². The minimum absolute atomic E-state index is 0.00978. The van der Waals surface area contributed by atoms with E-state index >= 15 is 0 Å². The molecule has 16 aromatic rings. The Kier molecular flexibility index (Phi) is 32.3. The smallest absolute Gasteiger partial charge is 0.341 e. The number of benzene rings is 9. The Bertz CT molecular complexity index is 6890. The van der Waals surface area contributed by atoms with Gasteiger partial charge in [0.1, 0.15) is 17.0 Å². The summed E-state index contributed by atoms with van der Waals surface area (Å²) >= 11 is 0. The molecule has 0 bridgehead atoms. The van der Waals surface area contributed by atoms with Crippen molar-refractivity contribution < 1.29 is 55.8 Å². The zero-order valence-corrected chi connectivity index (χ0v) is 76.6. The second-order valence-electron chi connectivity index (χ2n) is 31.2. The second-order valence-corrected chi connectivity index (χ2v) is 33.1. The molecule has 0 saturated carbocycles. The molecule has 2 aliphatic carbocycles. The number of H-pyrrole nitrogens is 1. The van der Waals surface area contributed by atoms with Crippen LogP contribution in [0.1, 0.15) is 99.1 Å². The highest BCUT2D eigenvalue weighted by Gasteiger charge is 2.28. The lowest BCUT2D eigenvalue weighted by Gasteiger charge is -2.18. The molecule has 18 rings (SSSR count). The molecule has 0 aliphatic heterocycles. The SMILES string of the molecule is C=S(N)(=O)c1ccc2nc3c(nc2c1)-c1cccc2cccc-3c12.CCCNC(=O)c1cc(-c2ccccc2)n[nH]1.CCN(CC)CCn1nc2c3c(cccc3c1=O)-c1ccccc1-2.CCOC(=O)c1cnc2c(C)c(C)ccc2c1NCCCN(C)C.COCCNC(=O)c1cc(-c2ccccc2)on1.COc1ccc(CCNC(=O)c2cc(-c3ccco3)on2)cc1OC. The van der Waals surface area contributed by atoms with Gasteiger partial charge in [0.05, 0.1) is 94.7 Å². The van der Waals surface area contributed by atoms with Crippen LogP contribution < -0.4 is 41.4 Å². The Balaban J connectivity index is 0.000000135. The highest BCUT2D eigenvalue weighted by molar-refractivity contribution is 7.98. The van der Waals surface area contributed by atoms with Crippen molar-refractivity contribution in [1.29, 1.82) is 0 Å². The normalized spacial score (nSPS) is 11.6. The fourth-order valence-corrected chi connectivity index (χ4v) is 15.6. The molecule has 0 fully saturated rings. The number of aromatic nitrogens is 9. The number of hydrogen-bond donors (Lipinski definition) is 6. The predicted molar refractivity (Wildman–Crippen MR) is 519 cm³/mol. The number of carbonyl (C=O) groups excluding carboxylic acids is 4. The second kappa shape index (κ2) is 44.9. The van der Waals surface area contributed by atoms with E-state index < -0.39 is 9.71 Å². The first-order chi connectivity index (χ1) is 64.0. The molecule has 29 nitrogen and oxygen atoms in total. The summed E-state index contributed by atoms with van der Waals surface area (Å²) in [6.07, 6.45) is 5.71. The number of nitrogens with zero attached hydrogens (tertiary/aromatic N) is 10. The van der Waals surface area contributed by atoms with E-state index in [1.165, 1.54) is 28.2 Å². The zero-order valence-electron chi connectivity index (χ0n) is 75.8. The lowest BCUT2D eigenvalue weighted by atomic mass is 10.0. The number of likely N-dealkylation sites (N-methyl/N-ethyl adjacent to an activating group) is 1. The monoisotopic (exact) mass is 1800 g/mol. The molecular weight excluding hydrogens is 1690 g/mol. The van der Waals surface area contributed by atoms with Crippen LogP contribution in [0.15, 0.2) is 254 Å². The molecule has 132 heavy (non-hydrogen) atoms. The number of aromatic amines is 1. The van der Waals surface area contributed by atoms with Crippen molar-refractivity contribution in [3.63, 3.8) is 0 Å². The topological polar surface area (TPSA) is 370 Å². The molecule has 680 valence electrons. The summed E-state index contributed by atoms with van der Waals surface area (Å²) in [4.78, 5) is 79.7. The summed E-state index contributed by atoms with van der Waals surface area (Å²) in [6, 6.07) is 69.3. The zero-order chi connectivity index (χ0) is 93.4. The number of carbonyl (C=O) groups is 4. The van der Waals surface area contributed by atoms with Gasteiger partial charge in [-0.1, -0.05) is 183 Å². The number of esters is 1. The third-order valence-corrected chi connectivity index (χ3v) is 23.1. The number of nitrogens with two attached hydrogens (primary N) is 1. The lowest BCUT2D eigenvalue weighted by Crippen LogP contribution is -2.32. The first-order valence-electron chi connectivity index (χ1n) is 43.5. The van der Waals surface area contributed by atoms with E-state index in [9.17, 15) is 28.2 Å². The van der Waals surface area contributed by atoms with E-state index in [2.05, 4.69) is 153 Å². The highest BCUT2D eigenvalue weighted by atomic mass is 32.2. The van der Waals surface area contributed by atoms with Gasteiger partial charge in [-0.05, 0) is 167 Å². The van der Waals surface area contributed by atoms with Gasteiger partial charge in [0.2, 0.25) is 5.76 Å². The third-order valence-electron chi connectivity index (χ3n) is 22.0. The van der Waals surface area contributed by atoms with Crippen LogP contribution in [-0.4, -0.2) is 190 Å². The van der Waals surface area contributed by atoms with Crippen molar-refractivity contribution >= 4 is 88.4 Å². The molecule has 1 atom stereocenters. The number of nitrogens with one attached hydrogen (secondary N) is 5. The van der Waals surface area contributed by atoms with Crippen LogP contribution >= 0.6 is 0 Å². The summed E-state index contributed by atoms with van der Waals surface area (Å²) in [5, 5.41) is 41.6. The maximum absolute atomic E-state index is 12.9. The van der Waals surface area contributed by atoms with Crippen molar-refractivity contribution in [1.82, 2.24) is 71.0 Å².